The van der Waals surface area contributed by atoms with Crippen LogP contribution >= 0.6 is 0 Å². The second-order valence-corrected chi connectivity index (χ2v) is 6.53. The van der Waals surface area contributed by atoms with Gasteiger partial charge in [0.15, 0.2) is 5.76 Å². The van der Waals surface area contributed by atoms with Gasteiger partial charge in [0.2, 0.25) is 11.6 Å². The first-order valence-electron chi connectivity index (χ1n) is 8.98. The fourth-order valence-corrected chi connectivity index (χ4v) is 3.18. The van der Waals surface area contributed by atoms with Gasteiger partial charge < -0.3 is 19.6 Å². The Labute approximate surface area is 170 Å². The Morgan fingerprint density at radius 2 is 1.97 bits per heavy atom. The zero-order valence-electron chi connectivity index (χ0n) is 15.8. The number of fused-ring (bicyclic) bond motifs is 2. The number of furan rings is 1. The lowest BCUT2D eigenvalue weighted by molar-refractivity contribution is 0.0729. The van der Waals surface area contributed by atoms with Gasteiger partial charge in [0.05, 0.1) is 11.1 Å². The summed E-state index contributed by atoms with van der Waals surface area (Å²) >= 11 is 0. The van der Waals surface area contributed by atoms with Crippen molar-refractivity contribution in [1.82, 2.24) is 4.98 Å². The number of ketones is 2. The lowest BCUT2D eigenvalue weighted by atomic mass is 9.90. The predicted octanol–water partition coefficient (Wildman–Crippen LogP) is 2.89. The van der Waals surface area contributed by atoms with Crippen LogP contribution in [0.1, 0.15) is 48.3 Å². The maximum absolute atomic E-state index is 12.9. The molecule has 8 nitrogen and oxygen atoms in total. The highest BCUT2D eigenvalue weighted by Gasteiger charge is 2.39. The van der Waals surface area contributed by atoms with Crippen molar-refractivity contribution >= 4 is 23.2 Å². The first-order valence-corrected chi connectivity index (χ1v) is 8.98. The fraction of sp³-hybridized carbons (Fsp3) is 0.0909. The molecule has 150 valence electrons. The number of pyridine rings is 1. The zero-order chi connectivity index (χ0) is 21.4. The number of hydrogen-bond acceptors (Lipinski definition) is 8. The van der Waals surface area contributed by atoms with Crippen LogP contribution in [0.2, 0.25) is 0 Å². The van der Waals surface area contributed by atoms with E-state index in [2.05, 4.69) is 16.9 Å². The molecule has 1 aliphatic rings. The van der Waals surface area contributed by atoms with Crippen LogP contribution in [0.3, 0.4) is 0 Å². The third-order valence-corrected chi connectivity index (χ3v) is 4.59. The van der Waals surface area contributed by atoms with Crippen LogP contribution in [-0.4, -0.2) is 33.9 Å². The van der Waals surface area contributed by atoms with E-state index >= 15 is 0 Å². The number of hydrogen-bond donors (Lipinski definition) is 2. The Kier molecular flexibility index (Phi) is 4.77. The first kappa shape index (κ1) is 19.3. The molecule has 0 fully saturated rings. The molecule has 0 amide bonds. The van der Waals surface area contributed by atoms with Crippen molar-refractivity contribution in [3.63, 3.8) is 0 Å². The summed E-state index contributed by atoms with van der Waals surface area (Å²) in [5.41, 5.74) is 0.446. The molecule has 2 heterocycles. The van der Waals surface area contributed by atoms with Gasteiger partial charge in [0.25, 0.3) is 0 Å². The van der Waals surface area contributed by atoms with Crippen molar-refractivity contribution in [2.75, 3.05) is 5.32 Å². The normalized spacial score (nSPS) is 13.3. The van der Waals surface area contributed by atoms with Crippen molar-refractivity contribution in [2.24, 2.45) is 0 Å². The van der Waals surface area contributed by atoms with E-state index in [-0.39, 0.29) is 39.7 Å². The van der Waals surface area contributed by atoms with Gasteiger partial charge >= 0.3 is 5.97 Å². The van der Waals surface area contributed by atoms with Gasteiger partial charge in [0, 0.05) is 11.9 Å². The van der Waals surface area contributed by atoms with Gasteiger partial charge in [-0.1, -0.05) is 6.58 Å². The van der Waals surface area contributed by atoms with Gasteiger partial charge in [-0.3, -0.25) is 14.6 Å². The Bertz CT molecular complexity index is 1190. The lowest BCUT2D eigenvalue weighted by Gasteiger charge is -2.13. The van der Waals surface area contributed by atoms with E-state index in [4.69, 9.17) is 9.15 Å². The van der Waals surface area contributed by atoms with Crippen LogP contribution in [0.5, 0.6) is 5.75 Å². The number of carbonyl (C=O) groups excluding carboxylic acids is 3. The Hall–Kier alpha value is -4.04. The number of rotatable bonds is 5. The number of carbonyl (C=O) groups is 3. The third-order valence-electron chi connectivity index (χ3n) is 4.59. The van der Waals surface area contributed by atoms with Crippen LogP contribution in [0.15, 0.2) is 59.7 Å². The Morgan fingerprint density at radius 3 is 2.67 bits per heavy atom. The summed E-state index contributed by atoms with van der Waals surface area (Å²) < 4.78 is 10.8. The molecule has 0 saturated carbocycles. The van der Waals surface area contributed by atoms with E-state index in [0.717, 1.165) is 0 Å². The van der Waals surface area contributed by atoms with E-state index in [1.54, 1.807) is 18.2 Å². The molecule has 0 saturated heterocycles. The molecule has 0 radical (unpaired) electrons. The minimum atomic E-state index is -0.918. The molecule has 4 rings (SSSR count). The summed E-state index contributed by atoms with van der Waals surface area (Å²) in [5.74, 6) is -1.78. The van der Waals surface area contributed by atoms with Crippen LogP contribution < -0.4 is 10.1 Å². The summed E-state index contributed by atoms with van der Waals surface area (Å²) in [4.78, 5) is 42.4. The predicted molar refractivity (Wildman–Crippen MR) is 106 cm³/mol. The largest absolute Gasteiger partial charge is 0.456 e. The smallest absolute Gasteiger partial charge is 0.347 e. The summed E-state index contributed by atoms with van der Waals surface area (Å²) in [5, 5.41) is 12.3. The topological polar surface area (TPSA) is 119 Å². The quantitative estimate of drug-likeness (QED) is 0.226. The van der Waals surface area contributed by atoms with E-state index < -0.39 is 23.8 Å². The average Bonchev–Trinajstić information content (AvgIpc) is 3.11. The van der Waals surface area contributed by atoms with Crippen molar-refractivity contribution in [2.45, 2.75) is 13.2 Å². The molecule has 1 unspecified atom stereocenters. The summed E-state index contributed by atoms with van der Waals surface area (Å²) in [6.45, 7) is 4.95. The molecule has 2 aromatic heterocycles. The minimum Gasteiger partial charge on any atom is -0.456 e. The molecule has 0 aliphatic heterocycles. The van der Waals surface area contributed by atoms with Gasteiger partial charge in [0.1, 0.15) is 29.0 Å². The van der Waals surface area contributed by atoms with Crippen molar-refractivity contribution < 1.29 is 28.6 Å². The number of anilines is 1. The summed E-state index contributed by atoms with van der Waals surface area (Å²) in [6, 6.07) is 9.26. The molecular weight excluding hydrogens is 388 g/mol. The summed E-state index contributed by atoms with van der Waals surface area (Å²) in [7, 11) is 0. The molecule has 3 aromatic rings. The number of nitrogens with one attached hydrogen (secondary N) is 1. The molecule has 8 heteroatoms. The number of benzene rings is 1. The molecule has 1 atom stereocenters. The van der Waals surface area contributed by atoms with Gasteiger partial charge in [-0.25, -0.2) is 4.79 Å². The Morgan fingerprint density at radius 1 is 1.23 bits per heavy atom. The van der Waals surface area contributed by atoms with Crippen LogP contribution in [0, 0.1) is 6.92 Å². The van der Waals surface area contributed by atoms with E-state index in [1.807, 2.05) is 0 Å². The number of aliphatic hydroxyl groups is 1. The van der Waals surface area contributed by atoms with Crippen LogP contribution in [0.25, 0.3) is 0 Å². The minimum absolute atomic E-state index is 0.0268. The molecule has 1 aliphatic carbocycles. The van der Waals surface area contributed by atoms with E-state index in [0.29, 0.717) is 5.69 Å². The monoisotopic (exact) mass is 404 g/mol. The molecule has 2 N–H and O–H groups in total. The zero-order valence-corrected chi connectivity index (χ0v) is 15.8. The SMILES string of the molecule is C=CC(O)Nc1ccc(OC(=O)c2c(C)oc3c2C(=O)c2ncccc2C3=O)cc1. The highest BCUT2D eigenvalue weighted by molar-refractivity contribution is 6.29. The lowest BCUT2D eigenvalue weighted by Crippen LogP contribution is -2.23. The maximum Gasteiger partial charge on any atom is 0.347 e. The standard InChI is InChI=1S/C22H16N2O6/c1-3-15(25)24-12-6-8-13(9-7-12)30-22(28)16-11(2)29-21-17(16)20(27)18-14(19(21)26)5-4-10-23-18/h3-10,15,24-25H,1H2,2H3. The van der Waals surface area contributed by atoms with Crippen molar-refractivity contribution in [3.05, 3.63) is 89.2 Å². The number of aromatic nitrogens is 1. The van der Waals surface area contributed by atoms with Gasteiger partial charge in [-0.15, -0.1) is 0 Å². The molecular formula is C22H16N2O6. The van der Waals surface area contributed by atoms with Gasteiger partial charge in [-0.05, 0) is 49.4 Å². The van der Waals surface area contributed by atoms with Crippen molar-refractivity contribution in [1.29, 1.82) is 0 Å². The van der Waals surface area contributed by atoms with Crippen LogP contribution in [0.4, 0.5) is 5.69 Å². The molecule has 0 bridgehead atoms. The maximum atomic E-state index is 12.9. The first-order chi connectivity index (χ1) is 14.4. The second-order valence-electron chi connectivity index (χ2n) is 6.53. The molecule has 0 spiro atoms. The number of ether oxygens (including phenoxy) is 1. The average molecular weight is 404 g/mol. The number of aliphatic hydroxyl groups excluding tert-OH is 1. The number of esters is 1. The van der Waals surface area contributed by atoms with Crippen LogP contribution in [-0.2, 0) is 0 Å². The van der Waals surface area contributed by atoms with E-state index in [9.17, 15) is 19.5 Å². The number of nitrogens with zero attached hydrogens (tertiary/aromatic N) is 1. The summed E-state index contributed by atoms with van der Waals surface area (Å²) in [6.07, 6.45) is 1.81. The molecule has 30 heavy (non-hydrogen) atoms. The highest BCUT2D eigenvalue weighted by atomic mass is 16.5. The van der Waals surface area contributed by atoms with E-state index in [1.165, 1.54) is 37.4 Å². The Balaban J connectivity index is 1.63. The highest BCUT2D eigenvalue weighted by Crippen LogP contribution is 2.33. The van der Waals surface area contributed by atoms with Crippen molar-refractivity contribution in [3.8, 4) is 5.75 Å². The third kappa shape index (κ3) is 3.19. The molecule has 1 aromatic carbocycles. The fourth-order valence-electron chi connectivity index (χ4n) is 3.18. The second kappa shape index (κ2) is 7.41. The van der Waals surface area contributed by atoms with Gasteiger partial charge in [-0.2, -0.15) is 0 Å². The number of aryl methyl sites for hydroxylation is 1.